The van der Waals surface area contributed by atoms with Crippen molar-refractivity contribution in [1.82, 2.24) is 4.90 Å². The summed E-state index contributed by atoms with van der Waals surface area (Å²) in [6.45, 7) is -0.999. The number of likely N-dealkylation sites (tertiary alicyclic amines) is 1. The fraction of sp³-hybridized carbons (Fsp3) is 0.467. The molecule has 1 amide bonds. The molecule has 132 valence electrons. The number of piperidine rings is 1. The van der Waals surface area contributed by atoms with Crippen molar-refractivity contribution in [3.05, 3.63) is 23.8 Å². The number of aromatic hydroxyl groups is 2. The molecule has 1 aliphatic rings. The smallest absolute Gasteiger partial charge is 0.393 e. The molecule has 1 aromatic carbocycles. The maximum Gasteiger partial charge on any atom is 0.393 e. The normalized spacial score (nSPS) is 18.3. The van der Waals surface area contributed by atoms with Crippen molar-refractivity contribution in [3.63, 3.8) is 0 Å². The predicted molar refractivity (Wildman–Crippen MR) is 75.4 cm³/mol. The van der Waals surface area contributed by atoms with Crippen LogP contribution in [-0.4, -0.2) is 52.9 Å². The number of esters is 1. The van der Waals surface area contributed by atoms with E-state index in [0.29, 0.717) is 0 Å². The van der Waals surface area contributed by atoms with Crippen LogP contribution in [0.25, 0.3) is 0 Å². The molecule has 0 radical (unpaired) electrons. The summed E-state index contributed by atoms with van der Waals surface area (Å²) < 4.78 is 42.9. The molecule has 0 saturated carbocycles. The second-order valence-electron chi connectivity index (χ2n) is 5.50. The lowest BCUT2D eigenvalue weighted by molar-refractivity contribution is -0.188. The number of halogens is 3. The number of nitrogens with zero attached hydrogens (tertiary/aromatic N) is 1. The molecular weight excluding hydrogens is 331 g/mol. The zero-order valence-electron chi connectivity index (χ0n) is 12.5. The average molecular weight is 347 g/mol. The third-order valence-corrected chi connectivity index (χ3v) is 3.76. The molecule has 2 rings (SSSR count). The number of alkyl halides is 3. The largest absolute Gasteiger partial charge is 0.508 e. The number of carbonyl (C=O) groups excluding carboxylic acids is 2. The average Bonchev–Trinajstić information content (AvgIpc) is 2.51. The van der Waals surface area contributed by atoms with Crippen LogP contribution < -0.4 is 0 Å². The zero-order valence-corrected chi connectivity index (χ0v) is 12.5. The molecule has 1 aliphatic heterocycles. The highest BCUT2D eigenvalue weighted by atomic mass is 19.4. The first-order chi connectivity index (χ1) is 11.2. The SMILES string of the molecule is O=C(OCC(=O)N1CCC[C@@H](C(F)(F)F)C1)c1ccc(O)cc1O. The topological polar surface area (TPSA) is 87.1 Å². The Labute approximate surface area is 135 Å². The molecule has 0 aliphatic carbocycles. The Bertz CT molecular complexity index is 632. The van der Waals surface area contributed by atoms with Gasteiger partial charge in [0.25, 0.3) is 5.91 Å². The summed E-state index contributed by atoms with van der Waals surface area (Å²) in [7, 11) is 0. The molecule has 9 heteroatoms. The second kappa shape index (κ2) is 6.98. The summed E-state index contributed by atoms with van der Waals surface area (Å²) in [5, 5.41) is 18.7. The van der Waals surface area contributed by atoms with Crippen LogP contribution >= 0.6 is 0 Å². The second-order valence-corrected chi connectivity index (χ2v) is 5.50. The van der Waals surface area contributed by atoms with Gasteiger partial charge < -0.3 is 19.8 Å². The van der Waals surface area contributed by atoms with Gasteiger partial charge in [-0.2, -0.15) is 13.2 Å². The standard InChI is InChI=1S/C15H16F3NO5/c16-15(17,18)9-2-1-5-19(7-9)13(22)8-24-14(23)11-4-3-10(20)6-12(11)21/h3-4,6,9,20-21H,1-2,5,7-8H2/t9-/m1/s1. The van der Waals surface area contributed by atoms with Gasteiger partial charge in [0.15, 0.2) is 6.61 Å². The van der Waals surface area contributed by atoms with Gasteiger partial charge in [-0.1, -0.05) is 0 Å². The van der Waals surface area contributed by atoms with Crippen molar-refractivity contribution in [3.8, 4) is 11.5 Å². The number of carbonyl (C=O) groups is 2. The van der Waals surface area contributed by atoms with Crippen molar-refractivity contribution in [1.29, 1.82) is 0 Å². The van der Waals surface area contributed by atoms with E-state index in [1.807, 2.05) is 0 Å². The van der Waals surface area contributed by atoms with E-state index < -0.39 is 42.9 Å². The Morgan fingerprint density at radius 1 is 1.29 bits per heavy atom. The van der Waals surface area contributed by atoms with Crippen LogP contribution in [0.4, 0.5) is 13.2 Å². The Kier molecular flexibility index (Phi) is 5.20. The van der Waals surface area contributed by atoms with E-state index in [0.717, 1.165) is 23.1 Å². The van der Waals surface area contributed by atoms with Gasteiger partial charge in [0.1, 0.15) is 17.1 Å². The Hall–Kier alpha value is -2.45. The van der Waals surface area contributed by atoms with E-state index >= 15 is 0 Å². The lowest BCUT2D eigenvalue weighted by Crippen LogP contribution is -2.46. The highest BCUT2D eigenvalue weighted by Gasteiger charge is 2.42. The molecule has 0 aromatic heterocycles. The van der Waals surface area contributed by atoms with E-state index in [1.54, 1.807) is 0 Å². The number of rotatable bonds is 3. The maximum atomic E-state index is 12.7. The fourth-order valence-electron chi connectivity index (χ4n) is 2.46. The highest BCUT2D eigenvalue weighted by Crippen LogP contribution is 2.33. The summed E-state index contributed by atoms with van der Waals surface area (Å²) in [4.78, 5) is 24.7. The summed E-state index contributed by atoms with van der Waals surface area (Å²) in [5.74, 6) is -4.10. The number of hydrogen-bond acceptors (Lipinski definition) is 5. The van der Waals surface area contributed by atoms with E-state index in [-0.39, 0.29) is 30.7 Å². The summed E-state index contributed by atoms with van der Waals surface area (Å²) in [6, 6.07) is 3.19. The molecule has 0 unspecified atom stereocenters. The Morgan fingerprint density at radius 2 is 2.00 bits per heavy atom. The minimum absolute atomic E-state index is 0.0333. The van der Waals surface area contributed by atoms with Gasteiger partial charge in [0, 0.05) is 19.2 Å². The number of phenols is 2. The monoisotopic (exact) mass is 347 g/mol. The van der Waals surface area contributed by atoms with E-state index in [4.69, 9.17) is 9.84 Å². The van der Waals surface area contributed by atoms with Gasteiger partial charge in [0.05, 0.1) is 5.92 Å². The highest BCUT2D eigenvalue weighted by molar-refractivity contribution is 5.94. The summed E-state index contributed by atoms with van der Waals surface area (Å²) in [5.41, 5.74) is -0.257. The van der Waals surface area contributed by atoms with Crippen LogP contribution in [0.2, 0.25) is 0 Å². The van der Waals surface area contributed by atoms with Crippen molar-refractivity contribution in [2.75, 3.05) is 19.7 Å². The third kappa shape index (κ3) is 4.30. The number of benzene rings is 1. The number of amides is 1. The van der Waals surface area contributed by atoms with Gasteiger partial charge in [-0.05, 0) is 25.0 Å². The summed E-state index contributed by atoms with van der Waals surface area (Å²) >= 11 is 0. The molecule has 0 bridgehead atoms. The first-order valence-corrected chi connectivity index (χ1v) is 7.22. The first-order valence-electron chi connectivity index (χ1n) is 7.22. The predicted octanol–water partition coefficient (Wildman–Crippen LogP) is 2.06. The molecular formula is C15H16F3NO5. The molecule has 1 heterocycles. The van der Waals surface area contributed by atoms with Crippen molar-refractivity contribution < 1.29 is 37.7 Å². The number of ether oxygens (including phenoxy) is 1. The fourth-order valence-corrected chi connectivity index (χ4v) is 2.46. The molecule has 2 N–H and O–H groups in total. The number of hydrogen-bond donors (Lipinski definition) is 2. The lowest BCUT2D eigenvalue weighted by Gasteiger charge is -2.33. The van der Waals surface area contributed by atoms with Crippen molar-refractivity contribution in [2.45, 2.75) is 19.0 Å². The molecule has 0 spiro atoms. The van der Waals surface area contributed by atoms with E-state index in [9.17, 15) is 27.9 Å². The Balaban J connectivity index is 1.91. The van der Waals surface area contributed by atoms with Gasteiger partial charge in [0.2, 0.25) is 0 Å². The molecule has 1 saturated heterocycles. The van der Waals surface area contributed by atoms with Gasteiger partial charge in [-0.15, -0.1) is 0 Å². The van der Waals surface area contributed by atoms with Crippen LogP contribution in [0.3, 0.4) is 0 Å². The number of phenolic OH excluding ortho intramolecular Hbond substituents is 2. The maximum absolute atomic E-state index is 12.7. The third-order valence-electron chi connectivity index (χ3n) is 3.76. The summed E-state index contributed by atoms with van der Waals surface area (Å²) in [6.07, 6.45) is -4.18. The van der Waals surface area contributed by atoms with Gasteiger partial charge in [-0.25, -0.2) is 4.79 Å². The lowest BCUT2D eigenvalue weighted by atomic mass is 9.97. The van der Waals surface area contributed by atoms with Gasteiger partial charge in [-0.3, -0.25) is 4.79 Å². The van der Waals surface area contributed by atoms with E-state index in [2.05, 4.69) is 0 Å². The minimum atomic E-state index is -4.37. The first kappa shape index (κ1) is 17.9. The molecule has 24 heavy (non-hydrogen) atoms. The zero-order chi connectivity index (χ0) is 17.9. The molecule has 1 fully saturated rings. The van der Waals surface area contributed by atoms with Crippen LogP contribution in [-0.2, 0) is 9.53 Å². The molecule has 1 aromatic rings. The van der Waals surface area contributed by atoms with Gasteiger partial charge >= 0.3 is 12.1 Å². The van der Waals surface area contributed by atoms with Crippen LogP contribution in [0.1, 0.15) is 23.2 Å². The Morgan fingerprint density at radius 3 is 2.62 bits per heavy atom. The van der Waals surface area contributed by atoms with Crippen molar-refractivity contribution >= 4 is 11.9 Å². The quantitative estimate of drug-likeness (QED) is 0.818. The molecule has 1 atom stereocenters. The minimum Gasteiger partial charge on any atom is -0.508 e. The molecule has 6 nitrogen and oxygen atoms in total. The van der Waals surface area contributed by atoms with Crippen LogP contribution in [0.5, 0.6) is 11.5 Å². The van der Waals surface area contributed by atoms with Crippen LogP contribution in [0.15, 0.2) is 18.2 Å². The van der Waals surface area contributed by atoms with E-state index in [1.165, 1.54) is 0 Å². The van der Waals surface area contributed by atoms with Crippen LogP contribution in [0, 0.1) is 5.92 Å². The van der Waals surface area contributed by atoms with Crippen molar-refractivity contribution in [2.24, 2.45) is 5.92 Å².